The van der Waals surface area contributed by atoms with Crippen molar-refractivity contribution in [2.24, 2.45) is 5.73 Å². The third-order valence-corrected chi connectivity index (χ3v) is 1.87. The van der Waals surface area contributed by atoms with E-state index in [1.165, 1.54) is 4.90 Å². The number of carbonyl (C=O) groups excluding carboxylic acids is 2. The van der Waals surface area contributed by atoms with Crippen LogP contribution in [0.5, 0.6) is 0 Å². The first kappa shape index (κ1) is 13.9. The van der Waals surface area contributed by atoms with Gasteiger partial charge in [0, 0.05) is 12.6 Å². The maximum Gasteiger partial charge on any atom is 0.239 e. The summed E-state index contributed by atoms with van der Waals surface area (Å²) in [6.45, 7) is 7.76. The van der Waals surface area contributed by atoms with Crippen LogP contribution in [0, 0.1) is 0 Å². The van der Waals surface area contributed by atoms with Crippen LogP contribution in [0.15, 0.2) is 0 Å². The average Bonchev–Trinajstić information content (AvgIpc) is 2.11. The van der Waals surface area contributed by atoms with E-state index in [-0.39, 0.29) is 24.4 Å². The van der Waals surface area contributed by atoms with Crippen LogP contribution in [0.2, 0.25) is 0 Å². The molecule has 5 heteroatoms. The van der Waals surface area contributed by atoms with Gasteiger partial charge in [0.25, 0.3) is 0 Å². The first-order chi connectivity index (χ1) is 6.88. The van der Waals surface area contributed by atoms with Crippen LogP contribution in [-0.2, 0) is 9.59 Å². The Balaban J connectivity index is 4.21. The molecule has 3 N–H and O–H groups in total. The van der Waals surface area contributed by atoms with Gasteiger partial charge in [0.15, 0.2) is 0 Å². The Labute approximate surface area is 91.0 Å². The van der Waals surface area contributed by atoms with Crippen molar-refractivity contribution in [3.63, 3.8) is 0 Å². The van der Waals surface area contributed by atoms with Crippen molar-refractivity contribution in [3.05, 3.63) is 0 Å². The van der Waals surface area contributed by atoms with Gasteiger partial charge in [-0.15, -0.1) is 0 Å². The van der Waals surface area contributed by atoms with Gasteiger partial charge in [0.05, 0.1) is 12.6 Å². The van der Waals surface area contributed by atoms with E-state index in [1.54, 1.807) is 6.92 Å². The summed E-state index contributed by atoms with van der Waals surface area (Å²) in [5.41, 5.74) is 5.47. The van der Waals surface area contributed by atoms with Gasteiger partial charge in [0.2, 0.25) is 11.8 Å². The second-order valence-electron chi connectivity index (χ2n) is 3.86. The fraction of sp³-hybridized carbons (Fsp3) is 0.800. The lowest BCUT2D eigenvalue weighted by atomic mass is 10.3. The van der Waals surface area contributed by atoms with Crippen molar-refractivity contribution in [2.75, 3.05) is 13.1 Å². The Morgan fingerprint density at radius 3 is 2.20 bits per heavy atom. The molecule has 0 aliphatic carbocycles. The summed E-state index contributed by atoms with van der Waals surface area (Å²) in [6.07, 6.45) is 0. The molecule has 0 aliphatic rings. The normalized spacial score (nSPS) is 12.4. The van der Waals surface area contributed by atoms with Crippen LogP contribution in [0.4, 0.5) is 0 Å². The molecule has 1 atom stereocenters. The van der Waals surface area contributed by atoms with Gasteiger partial charge in [0.1, 0.15) is 0 Å². The third kappa shape index (κ3) is 5.37. The molecule has 0 aromatic carbocycles. The number of hydrogen-bond donors (Lipinski definition) is 2. The van der Waals surface area contributed by atoms with Crippen LogP contribution in [0.1, 0.15) is 27.7 Å². The Morgan fingerprint density at radius 1 is 1.33 bits per heavy atom. The van der Waals surface area contributed by atoms with E-state index >= 15 is 0 Å². The molecule has 5 nitrogen and oxygen atoms in total. The summed E-state index contributed by atoms with van der Waals surface area (Å²) in [5, 5.41) is 2.73. The van der Waals surface area contributed by atoms with Gasteiger partial charge in [-0.2, -0.15) is 0 Å². The molecule has 0 aromatic rings. The Morgan fingerprint density at radius 2 is 1.87 bits per heavy atom. The summed E-state index contributed by atoms with van der Waals surface area (Å²) in [5.74, 6) is -0.350. The second-order valence-corrected chi connectivity index (χ2v) is 3.86. The maximum atomic E-state index is 11.5. The fourth-order valence-electron chi connectivity index (χ4n) is 1.17. The van der Waals surface area contributed by atoms with Crippen LogP contribution in [0.3, 0.4) is 0 Å². The molecule has 0 bridgehead atoms. The van der Waals surface area contributed by atoms with Crippen molar-refractivity contribution in [2.45, 2.75) is 39.8 Å². The number of nitrogens with one attached hydrogen (secondary N) is 1. The molecule has 0 fully saturated rings. The van der Waals surface area contributed by atoms with E-state index in [0.717, 1.165) is 0 Å². The van der Waals surface area contributed by atoms with Crippen molar-refractivity contribution in [1.29, 1.82) is 0 Å². The zero-order valence-corrected chi connectivity index (χ0v) is 9.91. The molecular formula is C10H21N3O2. The third-order valence-electron chi connectivity index (χ3n) is 1.87. The molecule has 0 radical (unpaired) electrons. The fourth-order valence-corrected chi connectivity index (χ4v) is 1.17. The first-order valence-electron chi connectivity index (χ1n) is 5.22. The van der Waals surface area contributed by atoms with Gasteiger partial charge in [-0.1, -0.05) is 0 Å². The van der Waals surface area contributed by atoms with Crippen molar-refractivity contribution < 1.29 is 9.59 Å². The molecule has 0 saturated carbocycles. The van der Waals surface area contributed by atoms with Crippen LogP contribution < -0.4 is 11.1 Å². The van der Waals surface area contributed by atoms with E-state index in [1.807, 2.05) is 20.8 Å². The van der Waals surface area contributed by atoms with Crippen LogP contribution in [0.25, 0.3) is 0 Å². The maximum absolute atomic E-state index is 11.5. The van der Waals surface area contributed by atoms with Gasteiger partial charge in [-0.05, 0) is 27.7 Å². The summed E-state index contributed by atoms with van der Waals surface area (Å²) < 4.78 is 0. The van der Waals surface area contributed by atoms with E-state index in [2.05, 4.69) is 5.32 Å². The largest absolute Gasteiger partial charge is 0.352 e. The highest BCUT2D eigenvalue weighted by atomic mass is 16.2. The molecule has 2 amide bonds. The Hall–Kier alpha value is -1.10. The minimum atomic E-state index is -0.559. The molecule has 0 rings (SSSR count). The van der Waals surface area contributed by atoms with E-state index in [9.17, 15) is 9.59 Å². The number of hydrogen-bond acceptors (Lipinski definition) is 3. The number of nitrogens with two attached hydrogens (primary N) is 1. The zero-order valence-electron chi connectivity index (χ0n) is 9.91. The van der Waals surface area contributed by atoms with Gasteiger partial charge in [-0.25, -0.2) is 0 Å². The average molecular weight is 215 g/mol. The van der Waals surface area contributed by atoms with Crippen molar-refractivity contribution >= 4 is 11.8 Å². The first-order valence-corrected chi connectivity index (χ1v) is 5.22. The number of carbonyl (C=O) groups is 2. The molecule has 0 heterocycles. The minimum Gasteiger partial charge on any atom is -0.352 e. The molecule has 0 saturated heterocycles. The lowest BCUT2D eigenvalue weighted by molar-refractivity contribution is -0.136. The molecule has 15 heavy (non-hydrogen) atoms. The molecular weight excluding hydrogens is 194 g/mol. The Kier molecular flexibility index (Phi) is 5.93. The highest BCUT2D eigenvalue weighted by molar-refractivity contribution is 5.87. The monoisotopic (exact) mass is 215 g/mol. The molecule has 0 aliphatic heterocycles. The van der Waals surface area contributed by atoms with E-state index in [4.69, 9.17) is 5.73 Å². The lowest BCUT2D eigenvalue weighted by Gasteiger charge is -2.22. The SMILES string of the molecule is CCN(CC(=O)NC(C)C)C(=O)[C@@H](C)N. The van der Waals surface area contributed by atoms with Gasteiger partial charge < -0.3 is 16.0 Å². The quantitative estimate of drug-likeness (QED) is 0.661. The lowest BCUT2D eigenvalue weighted by Crippen LogP contribution is -2.47. The highest BCUT2D eigenvalue weighted by Crippen LogP contribution is 1.93. The summed E-state index contributed by atoms with van der Waals surface area (Å²) in [4.78, 5) is 24.4. The summed E-state index contributed by atoms with van der Waals surface area (Å²) in [6, 6.07) is -0.474. The standard InChI is InChI=1S/C10H21N3O2/c1-5-13(10(15)8(4)11)6-9(14)12-7(2)3/h7-8H,5-6,11H2,1-4H3,(H,12,14)/t8-/m1/s1. The van der Waals surface area contributed by atoms with Crippen LogP contribution >= 0.6 is 0 Å². The number of likely N-dealkylation sites (N-methyl/N-ethyl adjacent to an activating group) is 1. The molecule has 0 unspecified atom stereocenters. The number of nitrogens with zero attached hydrogens (tertiary/aromatic N) is 1. The van der Waals surface area contributed by atoms with Crippen molar-refractivity contribution in [3.8, 4) is 0 Å². The molecule has 0 spiro atoms. The summed E-state index contributed by atoms with van der Waals surface area (Å²) in [7, 11) is 0. The van der Waals surface area contributed by atoms with Crippen LogP contribution in [-0.4, -0.2) is 41.9 Å². The van der Waals surface area contributed by atoms with E-state index < -0.39 is 6.04 Å². The van der Waals surface area contributed by atoms with E-state index in [0.29, 0.717) is 6.54 Å². The predicted octanol–water partition coefficient (Wildman–Crippen LogP) is -0.293. The highest BCUT2D eigenvalue weighted by Gasteiger charge is 2.18. The number of rotatable bonds is 5. The second kappa shape index (κ2) is 6.40. The van der Waals surface area contributed by atoms with Gasteiger partial charge in [-0.3, -0.25) is 9.59 Å². The topological polar surface area (TPSA) is 75.4 Å². The van der Waals surface area contributed by atoms with Crippen molar-refractivity contribution in [1.82, 2.24) is 10.2 Å². The molecule has 0 aromatic heterocycles. The Bertz CT molecular complexity index is 227. The predicted molar refractivity (Wildman–Crippen MR) is 59.2 cm³/mol. The smallest absolute Gasteiger partial charge is 0.239 e. The summed E-state index contributed by atoms with van der Waals surface area (Å²) >= 11 is 0. The molecule has 88 valence electrons. The zero-order chi connectivity index (χ0) is 12.0. The van der Waals surface area contributed by atoms with Gasteiger partial charge >= 0.3 is 0 Å². The number of amides is 2. The minimum absolute atomic E-state index is 0.0784.